The van der Waals surface area contributed by atoms with E-state index in [2.05, 4.69) is 13.8 Å². The molecule has 0 aromatic rings. The lowest BCUT2D eigenvalue weighted by molar-refractivity contribution is -0.174. The molecular formula is C15H28O4. The van der Waals surface area contributed by atoms with Crippen molar-refractivity contribution in [3.05, 3.63) is 0 Å². The van der Waals surface area contributed by atoms with E-state index in [9.17, 15) is 4.79 Å². The van der Waals surface area contributed by atoms with Crippen LogP contribution in [0.1, 0.15) is 52.9 Å². The first-order valence-electron chi connectivity index (χ1n) is 7.50. The smallest absolute Gasteiger partial charge is 0.305 e. The summed E-state index contributed by atoms with van der Waals surface area (Å²) in [4.78, 5) is 11.2. The maximum Gasteiger partial charge on any atom is 0.305 e. The van der Waals surface area contributed by atoms with Crippen LogP contribution in [0.15, 0.2) is 0 Å². The van der Waals surface area contributed by atoms with Crippen LogP contribution in [0.4, 0.5) is 0 Å². The second-order valence-corrected chi connectivity index (χ2v) is 5.66. The van der Waals surface area contributed by atoms with E-state index in [1.807, 2.05) is 6.92 Å². The van der Waals surface area contributed by atoms with E-state index in [1.54, 1.807) is 0 Å². The van der Waals surface area contributed by atoms with Gasteiger partial charge in [-0.3, -0.25) is 4.79 Å². The van der Waals surface area contributed by atoms with E-state index in [0.29, 0.717) is 25.6 Å². The number of carbonyl (C=O) groups excluding carboxylic acids is 1. The van der Waals surface area contributed by atoms with Crippen molar-refractivity contribution >= 4 is 5.97 Å². The maximum atomic E-state index is 11.2. The largest absolute Gasteiger partial charge is 0.465 e. The van der Waals surface area contributed by atoms with Crippen molar-refractivity contribution in [1.82, 2.24) is 0 Å². The van der Waals surface area contributed by atoms with Gasteiger partial charge in [-0.15, -0.1) is 0 Å². The summed E-state index contributed by atoms with van der Waals surface area (Å²) in [6.07, 6.45) is 4.65. The van der Waals surface area contributed by atoms with Crippen LogP contribution in [0.5, 0.6) is 0 Å². The van der Waals surface area contributed by atoms with Crippen molar-refractivity contribution < 1.29 is 19.0 Å². The average molecular weight is 272 g/mol. The standard InChI is InChI=1S/C15H28O4/c1-4-14(16)18-10-13(9-12(2)3)11-19-15-7-5-6-8-17-15/h12-13,15H,4-11H2,1-3H3. The van der Waals surface area contributed by atoms with Crippen molar-refractivity contribution in [2.45, 2.75) is 59.2 Å². The summed E-state index contributed by atoms with van der Waals surface area (Å²) < 4.78 is 16.6. The Balaban J connectivity index is 2.28. The highest BCUT2D eigenvalue weighted by molar-refractivity contribution is 5.68. The third-order valence-electron chi connectivity index (χ3n) is 3.23. The highest BCUT2D eigenvalue weighted by Crippen LogP contribution is 2.18. The molecule has 112 valence electrons. The molecule has 0 aromatic heterocycles. The molecule has 19 heavy (non-hydrogen) atoms. The van der Waals surface area contributed by atoms with Gasteiger partial charge in [0.2, 0.25) is 0 Å². The molecule has 1 saturated heterocycles. The quantitative estimate of drug-likeness (QED) is 0.637. The zero-order valence-corrected chi connectivity index (χ0v) is 12.5. The Morgan fingerprint density at radius 2 is 2.11 bits per heavy atom. The summed E-state index contributed by atoms with van der Waals surface area (Å²) in [7, 11) is 0. The lowest BCUT2D eigenvalue weighted by atomic mass is 9.98. The second kappa shape index (κ2) is 9.32. The Hall–Kier alpha value is -0.610. The molecule has 2 atom stereocenters. The molecule has 0 radical (unpaired) electrons. The molecule has 0 amide bonds. The first-order valence-corrected chi connectivity index (χ1v) is 7.50. The minimum Gasteiger partial charge on any atom is -0.465 e. The third-order valence-corrected chi connectivity index (χ3v) is 3.23. The number of hydrogen-bond donors (Lipinski definition) is 0. The van der Waals surface area contributed by atoms with Crippen LogP contribution in [-0.2, 0) is 19.0 Å². The Kier molecular flexibility index (Phi) is 8.07. The molecule has 1 fully saturated rings. The molecule has 1 aliphatic heterocycles. The van der Waals surface area contributed by atoms with E-state index in [4.69, 9.17) is 14.2 Å². The highest BCUT2D eigenvalue weighted by atomic mass is 16.7. The van der Waals surface area contributed by atoms with Gasteiger partial charge in [-0.1, -0.05) is 20.8 Å². The topological polar surface area (TPSA) is 44.8 Å². The molecule has 1 aliphatic rings. The average Bonchev–Trinajstić information content (AvgIpc) is 2.42. The van der Waals surface area contributed by atoms with E-state index in [-0.39, 0.29) is 18.2 Å². The van der Waals surface area contributed by atoms with Crippen molar-refractivity contribution in [2.24, 2.45) is 11.8 Å². The molecule has 1 heterocycles. The lowest BCUT2D eigenvalue weighted by Gasteiger charge is -2.26. The number of ether oxygens (including phenoxy) is 3. The van der Waals surface area contributed by atoms with Gasteiger partial charge in [0.05, 0.1) is 13.2 Å². The highest BCUT2D eigenvalue weighted by Gasteiger charge is 2.19. The second-order valence-electron chi connectivity index (χ2n) is 5.66. The first-order chi connectivity index (χ1) is 9.11. The summed E-state index contributed by atoms with van der Waals surface area (Å²) in [6, 6.07) is 0. The van der Waals surface area contributed by atoms with Gasteiger partial charge in [0.25, 0.3) is 0 Å². The minimum atomic E-state index is -0.136. The molecule has 2 unspecified atom stereocenters. The predicted octanol–water partition coefficient (Wildman–Crippen LogP) is 3.15. The molecule has 0 bridgehead atoms. The zero-order valence-electron chi connectivity index (χ0n) is 12.5. The van der Waals surface area contributed by atoms with Crippen molar-refractivity contribution in [1.29, 1.82) is 0 Å². The fourth-order valence-electron chi connectivity index (χ4n) is 2.25. The normalized spacial score (nSPS) is 21.4. The predicted molar refractivity (Wildman–Crippen MR) is 73.7 cm³/mol. The minimum absolute atomic E-state index is 0.0645. The molecule has 0 aromatic carbocycles. The number of rotatable bonds is 8. The maximum absolute atomic E-state index is 11.2. The summed E-state index contributed by atoms with van der Waals surface area (Å²) in [5.41, 5.74) is 0. The van der Waals surface area contributed by atoms with Gasteiger partial charge in [0.15, 0.2) is 6.29 Å². The number of hydrogen-bond acceptors (Lipinski definition) is 4. The van der Waals surface area contributed by atoms with Crippen LogP contribution >= 0.6 is 0 Å². The van der Waals surface area contributed by atoms with Crippen LogP contribution in [0.2, 0.25) is 0 Å². The zero-order chi connectivity index (χ0) is 14.1. The summed E-state index contributed by atoms with van der Waals surface area (Å²) >= 11 is 0. The summed E-state index contributed by atoms with van der Waals surface area (Å²) in [5.74, 6) is 0.699. The van der Waals surface area contributed by atoms with E-state index < -0.39 is 0 Å². The van der Waals surface area contributed by atoms with Crippen molar-refractivity contribution in [3.8, 4) is 0 Å². The van der Waals surface area contributed by atoms with Gasteiger partial charge in [-0.25, -0.2) is 0 Å². The van der Waals surface area contributed by atoms with E-state index in [1.165, 1.54) is 6.42 Å². The van der Waals surface area contributed by atoms with Crippen LogP contribution < -0.4 is 0 Å². The Labute approximate surface area is 116 Å². The van der Waals surface area contributed by atoms with Gasteiger partial charge in [0.1, 0.15) is 0 Å². The number of carbonyl (C=O) groups is 1. The summed E-state index contributed by atoms with van der Waals surface area (Å²) in [5, 5.41) is 0. The molecule has 0 spiro atoms. The van der Waals surface area contributed by atoms with Crippen LogP contribution in [0, 0.1) is 11.8 Å². The fraction of sp³-hybridized carbons (Fsp3) is 0.933. The molecule has 0 aliphatic carbocycles. The first kappa shape index (κ1) is 16.4. The van der Waals surface area contributed by atoms with Crippen LogP contribution in [0.3, 0.4) is 0 Å². The molecule has 0 saturated carbocycles. The Morgan fingerprint density at radius 3 is 2.68 bits per heavy atom. The monoisotopic (exact) mass is 272 g/mol. The summed E-state index contributed by atoms with van der Waals surface area (Å²) in [6.45, 7) is 8.02. The van der Waals surface area contributed by atoms with Crippen molar-refractivity contribution in [3.63, 3.8) is 0 Å². The van der Waals surface area contributed by atoms with Gasteiger partial charge in [0, 0.05) is 18.9 Å². The molecule has 4 nitrogen and oxygen atoms in total. The van der Waals surface area contributed by atoms with Crippen LogP contribution in [0.25, 0.3) is 0 Å². The molecule has 4 heteroatoms. The van der Waals surface area contributed by atoms with Crippen molar-refractivity contribution in [2.75, 3.05) is 19.8 Å². The Bertz CT molecular complexity index is 247. The van der Waals surface area contributed by atoms with Gasteiger partial charge < -0.3 is 14.2 Å². The van der Waals surface area contributed by atoms with Gasteiger partial charge in [-0.2, -0.15) is 0 Å². The SMILES string of the molecule is CCC(=O)OCC(COC1CCCCO1)CC(C)C. The number of esters is 1. The third kappa shape index (κ3) is 7.53. The lowest BCUT2D eigenvalue weighted by Crippen LogP contribution is -2.27. The van der Waals surface area contributed by atoms with E-state index >= 15 is 0 Å². The molecular weight excluding hydrogens is 244 g/mol. The molecule has 1 rings (SSSR count). The van der Waals surface area contributed by atoms with E-state index in [0.717, 1.165) is 25.9 Å². The van der Waals surface area contributed by atoms with Gasteiger partial charge in [-0.05, 0) is 31.6 Å². The van der Waals surface area contributed by atoms with Gasteiger partial charge >= 0.3 is 5.97 Å². The fourth-order valence-corrected chi connectivity index (χ4v) is 2.25. The van der Waals surface area contributed by atoms with Crippen LogP contribution in [-0.4, -0.2) is 32.1 Å². The Morgan fingerprint density at radius 1 is 1.32 bits per heavy atom. The molecule has 0 N–H and O–H groups in total.